The summed E-state index contributed by atoms with van der Waals surface area (Å²) in [4.78, 5) is 11.9. The van der Waals surface area contributed by atoms with Crippen LogP contribution in [-0.2, 0) is 4.79 Å². The van der Waals surface area contributed by atoms with Gasteiger partial charge in [-0.3, -0.25) is 4.79 Å². The molecule has 0 aliphatic rings. The van der Waals surface area contributed by atoms with E-state index in [0.29, 0.717) is 17.4 Å². The van der Waals surface area contributed by atoms with E-state index in [1.54, 1.807) is 18.2 Å². The maximum Gasteiger partial charge on any atom is 0.277 e. The van der Waals surface area contributed by atoms with Gasteiger partial charge in [-0.1, -0.05) is 31.9 Å². The van der Waals surface area contributed by atoms with E-state index in [2.05, 4.69) is 52.6 Å². The van der Waals surface area contributed by atoms with Crippen molar-refractivity contribution in [3.05, 3.63) is 57.3 Å². The predicted molar refractivity (Wildman–Crippen MR) is 109 cm³/mol. The van der Waals surface area contributed by atoms with E-state index in [1.807, 2.05) is 24.3 Å². The van der Waals surface area contributed by atoms with Gasteiger partial charge in [0.1, 0.15) is 6.21 Å². The Morgan fingerprint density at radius 2 is 1.89 bits per heavy atom. The second kappa shape index (κ2) is 9.47. The fourth-order valence-electron chi connectivity index (χ4n) is 2.09. The molecule has 144 valence electrons. The van der Waals surface area contributed by atoms with Crippen LogP contribution >= 0.6 is 31.9 Å². The summed E-state index contributed by atoms with van der Waals surface area (Å²) in [7, 11) is 1.52. The second-order valence-corrected chi connectivity index (χ2v) is 7.16. The minimum atomic E-state index is -0.450. The first-order chi connectivity index (χ1) is 13.5. The lowest BCUT2D eigenvalue weighted by Gasteiger charge is -2.09. The Kier molecular flexibility index (Phi) is 6.77. The van der Waals surface area contributed by atoms with Gasteiger partial charge in [0.05, 0.1) is 7.11 Å². The van der Waals surface area contributed by atoms with Crippen molar-refractivity contribution >= 4 is 44.0 Å². The first-order valence-electron chi connectivity index (χ1n) is 7.93. The molecule has 10 heteroatoms. The third-order valence-electron chi connectivity index (χ3n) is 3.38. The Labute approximate surface area is 177 Å². The van der Waals surface area contributed by atoms with Crippen LogP contribution in [-0.4, -0.2) is 36.0 Å². The summed E-state index contributed by atoms with van der Waals surface area (Å²) in [6.45, 7) is -0.233. The van der Waals surface area contributed by atoms with Crippen LogP contribution in [0.1, 0.15) is 5.89 Å². The van der Waals surface area contributed by atoms with E-state index in [1.165, 1.54) is 13.3 Å². The Balaban J connectivity index is 1.52. The normalized spacial score (nSPS) is 10.8. The zero-order valence-electron chi connectivity index (χ0n) is 14.6. The quantitative estimate of drug-likeness (QED) is 0.384. The number of hydrogen-bond donors (Lipinski definition) is 1. The van der Waals surface area contributed by atoms with E-state index in [-0.39, 0.29) is 12.5 Å². The summed E-state index contributed by atoms with van der Waals surface area (Å²) >= 11 is 6.70. The van der Waals surface area contributed by atoms with E-state index >= 15 is 0 Å². The maximum absolute atomic E-state index is 11.9. The number of amides is 1. The lowest BCUT2D eigenvalue weighted by molar-refractivity contribution is -0.123. The van der Waals surface area contributed by atoms with Crippen molar-refractivity contribution in [2.24, 2.45) is 5.10 Å². The number of ether oxygens (including phenoxy) is 2. The van der Waals surface area contributed by atoms with Crippen molar-refractivity contribution in [1.82, 2.24) is 15.6 Å². The molecule has 0 saturated heterocycles. The van der Waals surface area contributed by atoms with Crippen molar-refractivity contribution in [3.63, 3.8) is 0 Å². The minimum Gasteiger partial charge on any atom is -0.493 e. The average Bonchev–Trinajstić information content (AvgIpc) is 3.16. The van der Waals surface area contributed by atoms with Crippen molar-refractivity contribution in [1.29, 1.82) is 0 Å². The van der Waals surface area contributed by atoms with Crippen LogP contribution in [0, 0.1) is 0 Å². The van der Waals surface area contributed by atoms with Gasteiger partial charge in [0.15, 0.2) is 18.1 Å². The molecule has 1 heterocycles. The molecule has 3 aromatic rings. The van der Waals surface area contributed by atoms with Crippen LogP contribution in [0.3, 0.4) is 0 Å². The number of halogens is 2. The number of hydrogen-bond acceptors (Lipinski definition) is 7. The van der Waals surface area contributed by atoms with Gasteiger partial charge in [-0.2, -0.15) is 5.10 Å². The summed E-state index contributed by atoms with van der Waals surface area (Å²) in [5.74, 6) is 1.02. The summed E-state index contributed by atoms with van der Waals surface area (Å²) in [6.07, 6.45) is 1.26. The van der Waals surface area contributed by atoms with E-state index in [0.717, 1.165) is 14.5 Å². The molecule has 0 atom stereocenters. The topological polar surface area (TPSA) is 98.8 Å². The molecule has 1 aromatic heterocycles. The molecule has 28 heavy (non-hydrogen) atoms. The van der Waals surface area contributed by atoms with Crippen LogP contribution < -0.4 is 14.9 Å². The van der Waals surface area contributed by atoms with Crippen LogP contribution in [0.25, 0.3) is 11.5 Å². The number of methoxy groups -OCH3 is 1. The number of hydrazone groups is 1. The lowest BCUT2D eigenvalue weighted by Crippen LogP contribution is -2.24. The highest BCUT2D eigenvalue weighted by atomic mass is 79.9. The van der Waals surface area contributed by atoms with Crippen LogP contribution in [0.5, 0.6) is 11.5 Å². The van der Waals surface area contributed by atoms with Crippen molar-refractivity contribution < 1.29 is 18.7 Å². The molecule has 3 rings (SSSR count). The molecule has 0 bridgehead atoms. The van der Waals surface area contributed by atoms with Crippen molar-refractivity contribution in [2.45, 2.75) is 0 Å². The van der Waals surface area contributed by atoms with Crippen LogP contribution in [0.4, 0.5) is 0 Å². The highest BCUT2D eigenvalue weighted by Gasteiger charge is 2.09. The average molecular weight is 510 g/mol. The third kappa shape index (κ3) is 5.40. The van der Waals surface area contributed by atoms with Crippen molar-refractivity contribution in [2.75, 3.05) is 13.7 Å². The molecule has 0 spiro atoms. The molecule has 0 radical (unpaired) electrons. The molecule has 8 nitrogen and oxygen atoms in total. The predicted octanol–water partition coefficient (Wildman–Crippen LogP) is 3.80. The maximum atomic E-state index is 11.9. The summed E-state index contributed by atoms with van der Waals surface area (Å²) in [5.41, 5.74) is 3.10. The van der Waals surface area contributed by atoms with Gasteiger partial charge in [-0.05, 0) is 42.5 Å². The number of aromatic nitrogens is 2. The summed E-state index contributed by atoms with van der Waals surface area (Å²) in [6, 6.07) is 12.6. The fraction of sp³-hybridized carbons (Fsp3) is 0.111. The number of nitrogens with zero attached hydrogens (tertiary/aromatic N) is 3. The number of benzene rings is 2. The zero-order valence-corrected chi connectivity index (χ0v) is 17.7. The molecule has 0 fully saturated rings. The van der Waals surface area contributed by atoms with Gasteiger partial charge in [0.25, 0.3) is 11.8 Å². The fourth-order valence-corrected chi connectivity index (χ4v) is 2.70. The molecule has 0 saturated carbocycles. The Morgan fingerprint density at radius 3 is 2.64 bits per heavy atom. The molecular formula is C18H14Br2N4O4. The lowest BCUT2D eigenvalue weighted by atomic mass is 10.2. The zero-order chi connectivity index (χ0) is 19.9. The smallest absolute Gasteiger partial charge is 0.277 e. The first kappa shape index (κ1) is 20.0. The Bertz CT molecular complexity index is 990. The van der Waals surface area contributed by atoms with Gasteiger partial charge in [-0.25, -0.2) is 5.43 Å². The van der Waals surface area contributed by atoms with Gasteiger partial charge >= 0.3 is 0 Å². The third-order valence-corrected chi connectivity index (χ3v) is 4.40. The summed E-state index contributed by atoms with van der Waals surface area (Å²) in [5, 5.41) is 11.6. The second-order valence-electron chi connectivity index (χ2n) is 5.33. The van der Waals surface area contributed by atoms with Gasteiger partial charge < -0.3 is 13.9 Å². The molecule has 0 aliphatic carbocycles. The minimum absolute atomic E-state index is 0.161. The van der Waals surface area contributed by atoms with Gasteiger partial charge in [0, 0.05) is 14.5 Å². The van der Waals surface area contributed by atoms with Gasteiger partial charge in [-0.15, -0.1) is 10.2 Å². The van der Waals surface area contributed by atoms with E-state index in [4.69, 9.17) is 13.9 Å². The monoisotopic (exact) mass is 508 g/mol. The molecule has 1 amide bonds. The molecule has 2 aromatic carbocycles. The van der Waals surface area contributed by atoms with Crippen molar-refractivity contribution in [3.8, 4) is 23.0 Å². The molecular weight excluding hydrogens is 496 g/mol. The standard InChI is InChI=1S/C18H14Br2N4O4/c1-26-15-8-13(20)6-7-14(15)27-10-16(25)22-21-9-17-23-24-18(28-17)11-2-4-12(19)5-3-11/h2-9H,10H2,1H3,(H,22,25). The Hall–Kier alpha value is -2.72. The Morgan fingerprint density at radius 1 is 1.14 bits per heavy atom. The summed E-state index contributed by atoms with van der Waals surface area (Å²) < 4.78 is 17.9. The molecule has 1 N–H and O–H groups in total. The van der Waals surface area contributed by atoms with Crippen LogP contribution in [0.15, 0.2) is 60.9 Å². The first-order valence-corrected chi connectivity index (χ1v) is 9.51. The number of carbonyl (C=O) groups is 1. The number of carbonyl (C=O) groups excluding carboxylic acids is 1. The van der Waals surface area contributed by atoms with E-state index < -0.39 is 5.91 Å². The van der Waals surface area contributed by atoms with Crippen LogP contribution in [0.2, 0.25) is 0 Å². The SMILES string of the molecule is COc1cc(Br)ccc1OCC(=O)NN=Cc1nnc(-c2ccc(Br)cc2)o1. The largest absolute Gasteiger partial charge is 0.493 e. The van der Waals surface area contributed by atoms with E-state index in [9.17, 15) is 4.79 Å². The molecule has 0 aliphatic heterocycles. The number of rotatable bonds is 7. The number of nitrogens with one attached hydrogen (secondary N) is 1. The molecule has 0 unspecified atom stereocenters. The highest BCUT2D eigenvalue weighted by molar-refractivity contribution is 9.10. The van der Waals surface area contributed by atoms with Gasteiger partial charge in [0.2, 0.25) is 5.89 Å². The highest BCUT2D eigenvalue weighted by Crippen LogP contribution is 2.30.